The molecule has 1 aliphatic heterocycles. The van der Waals surface area contributed by atoms with E-state index in [0.29, 0.717) is 35.2 Å². The number of benzene rings is 2. The van der Waals surface area contributed by atoms with Gasteiger partial charge in [-0.05, 0) is 92.0 Å². The van der Waals surface area contributed by atoms with Gasteiger partial charge in [0.15, 0.2) is 0 Å². The van der Waals surface area contributed by atoms with Crippen molar-refractivity contribution in [3.63, 3.8) is 0 Å². The standard InChI is InChI=1S/C32H36FN5O/c1-22-36-37-32(39-22)24-12-14-27(15-13-24)38-18-6-7-23(21-38)19-26-8-2-5-11-30(26)35-31-20-25(16-17-34-31)28-9-3-4-10-29(28)33/h3-4,9-10,12-17,20,23,26,30H,2,5-8,11,18-19,21H2,1H3,(H,34,35)/t23?,26-,30+/m0/s1. The van der Waals surface area contributed by atoms with Crippen molar-refractivity contribution < 1.29 is 8.81 Å². The lowest BCUT2D eigenvalue weighted by molar-refractivity contribution is 0.247. The summed E-state index contributed by atoms with van der Waals surface area (Å²) in [5, 5.41) is 11.8. The van der Waals surface area contributed by atoms with E-state index in [4.69, 9.17) is 4.42 Å². The van der Waals surface area contributed by atoms with Gasteiger partial charge in [0.1, 0.15) is 11.6 Å². The summed E-state index contributed by atoms with van der Waals surface area (Å²) in [6, 6.07) is 19.7. The maximum atomic E-state index is 14.4. The van der Waals surface area contributed by atoms with Crippen LogP contribution in [0.1, 0.15) is 50.8 Å². The molecule has 202 valence electrons. The van der Waals surface area contributed by atoms with Gasteiger partial charge in [0, 0.05) is 49.1 Å². The van der Waals surface area contributed by atoms with E-state index in [1.165, 1.54) is 50.3 Å². The number of aromatic nitrogens is 3. The van der Waals surface area contributed by atoms with E-state index in [1.807, 2.05) is 31.2 Å². The fraction of sp³-hybridized carbons (Fsp3) is 0.406. The first-order valence-electron chi connectivity index (χ1n) is 14.3. The number of anilines is 2. The molecular weight excluding hydrogens is 489 g/mol. The number of aryl methyl sites for hydroxylation is 1. The van der Waals surface area contributed by atoms with Gasteiger partial charge in [0.05, 0.1) is 0 Å². The number of nitrogens with zero attached hydrogens (tertiary/aromatic N) is 4. The average Bonchev–Trinajstić information content (AvgIpc) is 3.41. The minimum atomic E-state index is -0.202. The second kappa shape index (κ2) is 11.6. The van der Waals surface area contributed by atoms with Gasteiger partial charge in [-0.3, -0.25) is 0 Å². The van der Waals surface area contributed by atoms with Crippen LogP contribution in [0.2, 0.25) is 0 Å². The Balaban J connectivity index is 1.10. The normalized spacial score (nSPS) is 21.6. The van der Waals surface area contributed by atoms with Crippen molar-refractivity contribution in [1.82, 2.24) is 15.2 Å². The maximum absolute atomic E-state index is 14.4. The molecule has 0 spiro atoms. The third-order valence-corrected chi connectivity index (χ3v) is 8.35. The van der Waals surface area contributed by atoms with E-state index in [2.05, 4.69) is 49.7 Å². The smallest absolute Gasteiger partial charge is 0.247 e. The van der Waals surface area contributed by atoms with Gasteiger partial charge in [-0.25, -0.2) is 9.37 Å². The molecule has 1 saturated carbocycles. The van der Waals surface area contributed by atoms with Crippen molar-refractivity contribution in [3.8, 4) is 22.6 Å². The zero-order valence-corrected chi connectivity index (χ0v) is 22.5. The molecule has 0 radical (unpaired) electrons. The van der Waals surface area contributed by atoms with Gasteiger partial charge in [-0.15, -0.1) is 10.2 Å². The summed E-state index contributed by atoms with van der Waals surface area (Å²) in [5.41, 5.74) is 3.69. The van der Waals surface area contributed by atoms with Crippen LogP contribution in [-0.2, 0) is 0 Å². The summed E-state index contributed by atoms with van der Waals surface area (Å²) in [4.78, 5) is 7.12. The highest BCUT2D eigenvalue weighted by Crippen LogP contribution is 2.36. The molecule has 3 heterocycles. The van der Waals surface area contributed by atoms with Crippen LogP contribution in [0.5, 0.6) is 0 Å². The van der Waals surface area contributed by atoms with Gasteiger partial charge in [0.25, 0.3) is 0 Å². The minimum Gasteiger partial charge on any atom is -0.421 e. The van der Waals surface area contributed by atoms with Crippen molar-refractivity contribution >= 4 is 11.5 Å². The van der Waals surface area contributed by atoms with E-state index in [9.17, 15) is 4.39 Å². The molecule has 7 heteroatoms. The zero-order valence-electron chi connectivity index (χ0n) is 22.5. The number of pyridine rings is 1. The SMILES string of the molecule is Cc1nnc(-c2ccc(N3CCCC(C[C@@H]4CCCC[C@H]4Nc4cc(-c5ccccc5F)ccn4)C3)cc2)o1. The molecule has 2 fully saturated rings. The zero-order chi connectivity index (χ0) is 26.6. The molecule has 2 aromatic heterocycles. The van der Waals surface area contributed by atoms with Crippen LogP contribution in [-0.4, -0.2) is 34.3 Å². The Morgan fingerprint density at radius 2 is 1.79 bits per heavy atom. The van der Waals surface area contributed by atoms with Crippen LogP contribution in [0.25, 0.3) is 22.6 Å². The second-order valence-electron chi connectivity index (χ2n) is 11.1. The molecule has 1 N–H and O–H groups in total. The molecule has 1 saturated heterocycles. The van der Waals surface area contributed by atoms with E-state index in [-0.39, 0.29) is 5.82 Å². The molecule has 4 aromatic rings. The highest BCUT2D eigenvalue weighted by Gasteiger charge is 2.30. The van der Waals surface area contributed by atoms with Crippen LogP contribution in [0.15, 0.2) is 71.3 Å². The molecule has 1 unspecified atom stereocenters. The molecule has 1 aliphatic carbocycles. The van der Waals surface area contributed by atoms with Crippen molar-refractivity contribution in [2.45, 2.75) is 57.9 Å². The first kappa shape index (κ1) is 25.5. The van der Waals surface area contributed by atoms with Gasteiger partial charge in [-0.2, -0.15) is 0 Å². The number of hydrogen-bond donors (Lipinski definition) is 1. The molecule has 2 aromatic carbocycles. The van der Waals surface area contributed by atoms with Gasteiger partial charge in [-0.1, -0.05) is 31.0 Å². The maximum Gasteiger partial charge on any atom is 0.247 e. The Morgan fingerprint density at radius 1 is 0.949 bits per heavy atom. The summed E-state index contributed by atoms with van der Waals surface area (Å²) in [7, 11) is 0. The molecule has 3 atom stereocenters. The van der Waals surface area contributed by atoms with Crippen LogP contribution in [0.4, 0.5) is 15.9 Å². The minimum absolute atomic E-state index is 0.202. The van der Waals surface area contributed by atoms with E-state index in [1.54, 1.807) is 12.3 Å². The van der Waals surface area contributed by atoms with Crippen molar-refractivity contribution in [2.75, 3.05) is 23.3 Å². The Kier molecular flexibility index (Phi) is 7.57. The van der Waals surface area contributed by atoms with Crippen molar-refractivity contribution in [1.29, 1.82) is 0 Å². The van der Waals surface area contributed by atoms with Crippen LogP contribution in [0, 0.1) is 24.6 Å². The quantitative estimate of drug-likeness (QED) is 0.269. The lowest BCUT2D eigenvalue weighted by atomic mass is 9.77. The number of hydrogen-bond acceptors (Lipinski definition) is 6. The lowest BCUT2D eigenvalue weighted by Gasteiger charge is -2.39. The predicted octanol–water partition coefficient (Wildman–Crippen LogP) is 7.52. The lowest BCUT2D eigenvalue weighted by Crippen LogP contribution is -2.39. The Morgan fingerprint density at radius 3 is 2.62 bits per heavy atom. The monoisotopic (exact) mass is 525 g/mol. The van der Waals surface area contributed by atoms with Gasteiger partial charge < -0.3 is 14.6 Å². The van der Waals surface area contributed by atoms with E-state index >= 15 is 0 Å². The third kappa shape index (κ3) is 5.97. The Labute approximate surface area is 229 Å². The molecule has 6 nitrogen and oxygen atoms in total. The van der Waals surface area contributed by atoms with Crippen molar-refractivity contribution in [3.05, 3.63) is 78.6 Å². The highest BCUT2D eigenvalue weighted by atomic mass is 19.1. The molecule has 39 heavy (non-hydrogen) atoms. The average molecular weight is 526 g/mol. The summed E-state index contributed by atoms with van der Waals surface area (Å²) in [5.74, 6) is 3.08. The second-order valence-corrected chi connectivity index (χ2v) is 11.1. The van der Waals surface area contributed by atoms with Crippen LogP contribution < -0.4 is 10.2 Å². The molecular formula is C32H36FN5O. The summed E-state index contributed by atoms with van der Waals surface area (Å²) in [6.45, 7) is 3.99. The number of nitrogens with one attached hydrogen (secondary N) is 1. The van der Waals surface area contributed by atoms with Crippen LogP contribution in [0.3, 0.4) is 0 Å². The molecule has 6 rings (SSSR count). The summed E-state index contributed by atoms with van der Waals surface area (Å²) in [6.07, 6.45) is 10.4. The number of rotatable bonds is 7. The number of halogens is 1. The highest BCUT2D eigenvalue weighted by molar-refractivity contribution is 5.67. The summed E-state index contributed by atoms with van der Waals surface area (Å²) < 4.78 is 20.0. The van der Waals surface area contributed by atoms with Crippen molar-refractivity contribution in [2.24, 2.45) is 11.8 Å². The Hall–Kier alpha value is -3.74. The molecule has 0 bridgehead atoms. The van der Waals surface area contributed by atoms with E-state index < -0.39 is 0 Å². The van der Waals surface area contributed by atoms with E-state index in [0.717, 1.165) is 36.5 Å². The Bertz CT molecular complexity index is 1390. The fourth-order valence-electron chi connectivity index (χ4n) is 6.39. The molecule has 2 aliphatic rings. The third-order valence-electron chi connectivity index (χ3n) is 8.35. The first-order chi connectivity index (χ1) is 19.1. The summed E-state index contributed by atoms with van der Waals surface area (Å²) >= 11 is 0. The predicted molar refractivity (Wildman–Crippen MR) is 153 cm³/mol. The fourth-order valence-corrected chi connectivity index (χ4v) is 6.39. The van der Waals surface area contributed by atoms with Crippen LogP contribution >= 0.6 is 0 Å². The number of piperidine rings is 1. The first-order valence-corrected chi connectivity index (χ1v) is 14.3. The largest absolute Gasteiger partial charge is 0.421 e. The molecule has 0 amide bonds. The topological polar surface area (TPSA) is 67.1 Å². The van der Waals surface area contributed by atoms with Gasteiger partial charge >= 0.3 is 0 Å². The van der Waals surface area contributed by atoms with Gasteiger partial charge in [0.2, 0.25) is 11.8 Å².